The lowest BCUT2D eigenvalue weighted by Gasteiger charge is -2.14. The number of aliphatic hydroxyl groups excluding tert-OH is 1. The average Bonchev–Trinajstić information content (AvgIpc) is 2.83. The number of carbonyl (C=O) groups excluding carboxylic acids is 1. The topological polar surface area (TPSA) is 65.5 Å². The highest BCUT2D eigenvalue weighted by atomic mass is 32.1. The van der Waals surface area contributed by atoms with Gasteiger partial charge in [-0.3, -0.25) is 9.69 Å². The summed E-state index contributed by atoms with van der Waals surface area (Å²) in [4.78, 5) is 17.5. The molecule has 1 aromatic rings. The Labute approximate surface area is 118 Å². The van der Waals surface area contributed by atoms with Gasteiger partial charge in [-0.2, -0.15) is 0 Å². The first-order valence-corrected chi connectivity index (χ1v) is 7.57. The van der Waals surface area contributed by atoms with E-state index in [9.17, 15) is 9.90 Å². The number of anilines is 1. The predicted octanol–water partition coefficient (Wildman–Crippen LogP) is 1.77. The summed E-state index contributed by atoms with van der Waals surface area (Å²) < 4.78 is 0. The maximum Gasteiger partial charge on any atom is 0.225 e. The van der Waals surface area contributed by atoms with E-state index in [4.69, 9.17) is 0 Å². The van der Waals surface area contributed by atoms with Crippen LogP contribution in [0.15, 0.2) is 5.38 Å². The molecule has 6 heteroatoms. The molecule has 1 heterocycles. The van der Waals surface area contributed by atoms with Crippen LogP contribution in [0.4, 0.5) is 5.13 Å². The SMILES string of the molecule is CCC(O)CCNCc1csc(N(CC)C(C)=O)n1. The lowest BCUT2D eigenvalue weighted by molar-refractivity contribution is -0.116. The summed E-state index contributed by atoms with van der Waals surface area (Å²) in [6, 6.07) is 0. The molecule has 0 bridgehead atoms. The fourth-order valence-electron chi connectivity index (χ4n) is 1.68. The van der Waals surface area contributed by atoms with Crippen LogP contribution in [-0.4, -0.2) is 35.2 Å². The minimum Gasteiger partial charge on any atom is -0.393 e. The molecule has 0 radical (unpaired) electrons. The van der Waals surface area contributed by atoms with Crippen molar-refractivity contribution in [2.75, 3.05) is 18.0 Å². The number of aliphatic hydroxyl groups is 1. The van der Waals surface area contributed by atoms with Crippen LogP contribution in [0, 0.1) is 0 Å². The molecule has 5 nitrogen and oxygen atoms in total. The van der Waals surface area contributed by atoms with E-state index in [0.29, 0.717) is 13.1 Å². The number of carbonyl (C=O) groups is 1. The number of hydrogen-bond donors (Lipinski definition) is 2. The standard InChI is InChI=1S/C13H23N3O2S/c1-4-12(18)6-7-14-8-11-9-19-13(15-11)16(5-2)10(3)17/h9,12,14,18H,4-8H2,1-3H3. The van der Waals surface area contributed by atoms with Crippen LogP contribution in [0.1, 0.15) is 39.3 Å². The van der Waals surface area contributed by atoms with Crippen molar-refractivity contribution in [3.05, 3.63) is 11.1 Å². The molecule has 0 aliphatic heterocycles. The van der Waals surface area contributed by atoms with E-state index >= 15 is 0 Å². The van der Waals surface area contributed by atoms with E-state index in [-0.39, 0.29) is 12.0 Å². The predicted molar refractivity (Wildman–Crippen MR) is 78.4 cm³/mol. The molecule has 0 aliphatic rings. The lowest BCUT2D eigenvalue weighted by Crippen LogP contribution is -2.27. The van der Waals surface area contributed by atoms with Gasteiger partial charge in [-0.1, -0.05) is 6.92 Å². The monoisotopic (exact) mass is 285 g/mol. The van der Waals surface area contributed by atoms with Crippen LogP contribution in [0.5, 0.6) is 0 Å². The molecule has 0 saturated heterocycles. The summed E-state index contributed by atoms with van der Waals surface area (Å²) in [6.07, 6.45) is 1.31. The van der Waals surface area contributed by atoms with E-state index in [2.05, 4.69) is 10.3 Å². The highest BCUT2D eigenvalue weighted by Crippen LogP contribution is 2.20. The fourth-order valence-corrected chi connectivity index (χ4v) is 2.62. The number of amides is 1. The number of thiazole rings is 1. The summed E-state index contributed by atoms with van der Waals surface area (Å²) in [5.41, 5.74) is 0.936. The van der Waals surface area contributed by atoms with Crippen molar-refractivity contribution in [3.63, 3.8) is 0 Å². The van der Waals surface area contributed by atoms with E-state index < -0.39 is 0 Å². The molecule has 1 amide bonds. The third-order valence-electron chi connectivity index (χ3n) is 2.90. The van der Waals surface area contributed by atoms with Crippen LogP contribution in [0.25, 0.3) is 0 Å². The van der Waals surface area contributed by atoms with Crippen molar-refractivity contribution < 1.29 is 9.90 Å². The van der Waals surface area contributed by atoms with Gasteiger partial charge in [0.15, 0.2) is 5.13 Å². The smallest absolute Gasteiger partial charge is 0.225 e. The van der Waals surface area contributed by atoms with E-state index in [1.807, 2.05) is 19.2 Å². The first kappa shape index (κ1) is 16.1. The van der Waals surface area contributed by atoms with Gasteiger partial charge in [0.1, 0.15) is 0 Å². The Morgan fingerprint density at radius 1 is 1.58 bits per heavy atom. The van der Waals surface area contributed by atoms with Crippen molar-refractivity contribution in [1.29, 1.82) is 0 Å². The average molecular weight is 285 g/mol. The van der Waals surface area contributed by atoms with Crippen LogP contribution < -0.4 is 10.2 Å². The second-order valence-corrected chi connectivity index (χ2v) is 5.25. The van der Waals surface area contributed by atoms with Crippen molar-refractivity contribution in [3.8, 4) is 0 Å². The maximum absolute atomic E-state index is 11.4. The highest BCUT2D eigenvalue weighted by molar-refractivity contribution is 7.14. The third kappa shape index (κ3) is 5.26. The molecule has 0 spiro atoms. The Kier molecular flexibility index (Phi) is 6.97. The minimum atomic E-state index is -0.230. The first-order valence-electron chi connectivity index (χ1n) is 6.69. The summed E-state index contributed by atoms with van der Waals surface area (Å²) in [5.74, 6) is 0.0161. The largest absolute Gasteiger partial charge is 0.393 e. The molecule has 0 fully saturated rings. The number of aromatic nitrogens is 1. The molecule has 1 rings (SSSR count). The van der Waals surface area contributed by atoms with Crippen LogP contribution in [0.3, 0.4) is 0 Å². The number of rotatable bonds is 8. The maximum atomic E-state index is 11.4. The normalized spacial score (nSPS) is 12.4. The van der Waals surface area contributed by atoms with Gasteiger partial charge < -0.3 is 10.4 Å². The van der Waals surface area contributed by atoms with E-state index in [1.54, 1.807) is 11.8 Å². The molecule has 0 aliphatic carbocycles. The molecule has 1 aromatic heterocycles. The fraction of sp³-hybridized carbons (Fsp3) is 0.692. The van der Waals surface area contributed by atoms with Crippen LogP contribution >= 0.6 is 11.3 Å². The van der Waals surface area contributed by atoms with Gasteiger partial charge >= 0.3 is 0 Å². The van der Waals surface area contributed by atoms with Gasteiger partial charge in [0, 0.05) is 25.4 Å². The Hall–Kier alpha value is -0.980. The van der Waals surface area contributed by atoms with E-state index in [1.165, 1.54) is 11.3 Å². The Morgan fingerprint density at radius 2 is 2.32 bits per heavy atom. The van der Waals surface area contributed by atoms with Crippen LogP contribution in [-0.2, 0) is 11.3 Å². The zero-order chi connectivity index (χ0) is 14.3. The molecule has 2 N–H and O–H groups in total. The van der Waals surface area contributed by atoms with Crippen molar-refractivity contribution in [2.24, 2.45) is 0 Å². The van der Waals surface area contributed by atoms with Crippen molar-refractivity contribution in [1.82, 2.24) is 10.3 Å². The number of nitrogens with zero attached hydrogens (tertiary/aromatic N) is 2. The minimum absolute atomic E-state index is 0.0161. The third-order valence-corrected chi connectivity index (χ3v) is 3.81. The van der Waals surface area contributed by atoms with Crippen LogP contribution in [0.2, 0.25) is 0 Å². The Morgan fingerprint density at radius 3 is 2.89 bits per heavy atom. The van der Waals surface area contributed by atoms with Gasteiger partial charge in [-0.15, -0.1) is 11.3 Å². The second-order valence-electron chi connectivity index (χ2n) is 4.41. The summed E-state index contributed by atoms with van der Waals surface area (Å²) in [6.45, 7) is 7.53. The molecular weight excluding hydrogens is 262 g/mol. The number of nitrogens with one attached hydrogen (secondary N) is 1. The summed E-state index contributed by atoms with van der Waals surface area (Å²) in [5, 5.41) is 15.4. The van der Waals surface area contributed by atoms with Gasteiger partial charge in [0.2, 0.25) is 5.91 Å². The molecule has 0 aromatic carbocycles. The Bertz CT molecular complexity index is 395. The van der Waals surface area contributed by atoms with Crippen molar-refractivity contribution in [2.45, 2.75) is 46.3 Å². The van der Waals surface area contributed by atoms with Gasteiger partial charge in [0.05, 0.1) is 11.8 Å². The first-order chi connectivity index (χ1) is 9.08. The van der Waals surface area contributed by atoms with Gasteiger partial charge in [0.25, 0.3) is 0 Å². The zero-order valence-corrected chi connectivity index (χ0v) is 12.7. The summed E-state index contributed by atoms with van der Waals surface area (Å²) in [7, 11) is 0. The highest BCUT2D eigenvalue weighted by Gasteiger charge is 2.13. The summed E-state index contributed by atoms with van der Waals surface area (Å²) >= 11 is 1.48. The zero-order valence-electron chi connectivity index (χ0n) is 11.8. The quantitative estimate of drug-likeness (QED) is 0.714. The lowest BCUT2D eigenvalue weighted by atomic mass is 10.2. The van der Waals surface area contributed by atoms with Gasteiger partial charge in [-0.05, 0) is 26.3 Å². The molecule has 19 heavy (non-hydrogen) atoms. The van der Waals surface area contributed by atoms with E-state index in [0.717, 1.165) is 30.2 Å². The van der Waals surface area contributed by atoms with Gasteiger partial charge in [-0.25, -0.2) is 4.98 Å². The molecular formula is C13H23N3O2S. The second kappa shape index (κ2) is 8.24. The molecule has 108 valence electrons. The van der Waals surface area contributed by atoms with Crippen molar-refractivity contribution >= 4 is 22.4 Å². The Balaban J connectivity index is 2.40. The number of hydrogen-bond acceptors (Lipinski definition) is 5. The molecule has 1 unspecified atom stereocenters. The molecule has 1 atom stereocenters. The molecule has 0 saturated carbocycles.